The molecule has 0 radical (unpaired) electrons. The van der Waals surface area contributed by atoms with Crippen LogP contribution in [0.3, 0.4) is 0 Å². The molecule has 0 saturated carbocycles. The van der Waals surface area contributed by atoms with Crippen LogP contribution in [0.25, 0.3) is 22.2 Å². The van der Waals surface area contributed by atoms with Crippen LogP contribution in [-0.4, -0.2) is 46.5 Å². The van der Waals surface area contributed by atoms with E-state index in [4.69, 9.17) is 10.00 Å². The number of rotatable bonds is 7. The van der Waals surface area contributed by atoms with Crippen molar-refractivity contribution < 1.29 is 9.53 Å². The largest absolute Gasteiger partial charge is 0.494 e. The summed E-state index contributed by atoms with van der Waals surface area (Å²) in [6.45, 7) is 2.68. The molecule has 178 valence electrons. The third-order valence-corrected chi connectivity index (χ3v) is 5.54. The molecule has 0 bridgehead atoms. The second-order valence-electron chi connectivity index (χ2n) is 7.64. The quantitative estimate of drug-likeness (QED) is 0.405. The van der Waals surface area contributed by atoms with E-state index in [1.165, 1.54) is 13.4 Å². The van der Waals surface area contributed by atoms with Crippen LogP contribution in [-0.2, 0) is 0 Å². The molecule has 2 N–H and O–H groups in total. The van der Waals surface area contributed by atoms with Gasteiger partial charge in [-0.25, -0.2) is 15.0 Å². The Hall–Kier alpha value is -4.23. The Balaban J connectivity index is 0.00000342. The highest BCUT2D eigenvalue weighted by Crippen LogP contribution is 2.28. The molecule has 1 aromatic carbocycles. The third-order valence-electron chi connectivity index (χ3n) is 5.54. The zero-order valence-electron chi connectivity index (χ0n) is 19.5. The predicted molar refractivity (Wildman–Crippen MR) is 139 cm³/mol. The van der Waals surface area contributed by atoms with Crippen LogP contribution < -0.4 is 15.4 Å². The first-order chi connectivity index (χ1) is 16.5. The Morgan fingerprint density at radius 3 is 2.74 bits per heavy atom. The average Bonchev–Trinajstić information content (AvgIpc) is 2.90. The van der Waals surface area contributed by atoms with E-state index in [2.05, 4.69) is 37.5 Å². The van der Waals surface area contributed by atoms with Gasteiger partial charge in [0.2, 0.25) is 0 Å². The predicted octanol–water partition coefficient (Wildman–Crippen LogP) is 3.66. The number of benzene rings is 1. The molecule has 0 aliphatic heterocycles. The normalized spacial score (nSPS) is 11.1. The molecule has 0 unspecified atom stereocenters. The van der Waals surface area contributed by atoms with E-state index < -0.39 is 0 Å². The maximum atomic E-state index is 12.3. The maximum absolute atomic E-state index is 12.3. The monoisotopic (exact) mass is 487 g/mol. The van der Waals surface area contributed by atoms with Crippen LogP contribution in [0.15, 0.2) is 55.1 Å². The Morgan fingerprint density at radius 1 is 1.17 bits per heavy atom. The van der Waals surface area contributed by atoms with Crippen molar-refractivity contribution in [2.45, 2.75) is 12.8 Å². The van der Waals surface area contributed by atoms with Crippen molar-refractivity contribution in [3.63, 3.8) is 0 Å². The lowest BCUT2D eigenvalue weighted by molar-refractivity contribution is 0.0964. The van der Waals surface area contributed by atoms with Crippen molar-refractivity contribution >= 4 is 36.1 Å². The van der Waals surface area contributed by atoms with Crippen LogP contribution in [0.4, 0.5) is 5.82 Å². The smallest absolute Gasteiger partial charge is 0.251 e. The van der Waals surface area contributed by atoms with Crippen molar-refractivity contribution in [3.8, 4) is 23.1 Å². The molecule has 9 nitrogen and oxygen atoms in total. The van der Waals surface area contributed by atoms with Gasteiger partial charge in [-0.2, -0.15) is 18.8 Å². The van der Waals surface area contributed by atoms with E-state index in [1.54, 1.807) is 31.6 Å². The SMILES string of the molecule is CNC(=O)c1ccnc2c([C@H](C)CNc3cc(-c4cnc(C#N)c(OC)c4)ncn3)cccc12.S. The number of anilines is 1. The molecule has 4 rings (SSSR count). The van der Waals surface area contributed by atoms with E-state index in [-0.39, 0.29) is 31.0 Å². The van der Waals surface area contributed by atoms with E-state index in [9.17, 15) is 4.79 Å². The Kier molecular flexibility index (Phi) is 8.17. The van der Waals surface area contributed by atoms with E-state index in [0.29, 0.717) is 34.9 Å². The fourth-order valence-corrected chi connectivity index (χ4v) is 3.73. The molecule has 0 spiro atoms. The van der Waals surface area contributed by atoms with Gasteiger partial charge in [-0.15, -0.1) is 0 Å². The summed E-state index contributed by atoms with van der Waals surface area (Å²) in [7, 11) is 3.11. The first-order valence-electron chi connectivity index (χ1n) is 10.7. The molecule has 0 aliphatic carbocycles. The number of pyridine rings is 2. The van der Waals surface area contributed by atoms with Gasteiger partial charge in [0.1, 0.15) is 18.2 Å². The van der Waals surface area contributed by atoms with Crippen molar-refractivity contribution in [2.24, 2.45) is 0 Å². The van der Waals surface area contributed by atoms with E-state index in [1.807, 2.05) is 30.3 Å². The van der Waals surface area contributed by atoms with Gasteiger partial charge in [-0.1, -0.05) is 25.1 Å². The molecule has 1 atom stereocenters. The molecule has 35 heavy (non-hydrogen) atoms. The Morgan fingerprint density at radius 2 is 2.00 bits per heavy atom. The van der Waals surface area contributed by atoms with Gasteiger partial charge in [-0.05, 0) is 17.7 Å². The summed E-state index contributed by atoms with van der Waals surface area (Å²) in [4.78, 5) is 29.6. The summed E-state index contributed by atoms with van der Waals surface area (Å²) in [5.74, 6) is 0.990. The molecule has 3 aromatic heterocycles. The molecular formula is C25H25N7O2S. The summed E-state index contributed by atoms with van der Waals surface area (Å²) >= 11 is 0. The number of amides is 1. The van der Waals surface area contributed by atoms with Gasteiger partial charge in [0, 0.05) is 48.9 Å². The van der Waals surface area contributed by atoms with Crippen molar-refractivity contribution in [1.82, 2.24) is 25.3 Å². The summed E-state index contributed by atoms with van der Waals surface area (Å²) in [5, 5.41) is 16.0. The molecule has 4 aromatic rings. The van der Waals surface area contributed by atoms with Crippen LogP contribution >= 0.6 is 13.5 Å². The molecule has 0 aliphatic rings. The second kappa shape index (κ2) is 11.3. The third kappa shape index (κ3) is 5.31. The minimum absolute atomic E-state index is 0. The first kappa shape index (κ1) is 25.4. The topological polar surface area (TPSA) is 126 Å². The number of fused-ring (bicyclic) bond motifs is 1. The fraction of sp³-hybridized carbons (Fsp3) is 0.200. The molecular weight excluding hydrogens is 462 g/mol. The van der Waals surface area contributed by atoms with Gasteiger partial charge in [0.15, 0.2) is 11.4 Å². The number of aromatic nitrogens is 4. The zero-order valence-corrected chi connectivity index (χ0v) is 20.5. The first-order valence-corrected chi connectivity index (χ1v) is 10.7. The van der Waals surface area contributed by atoms with Crippen LogP contribution in [0.2, 0.25) is 0 Å². The lowest BCUT2D eigenvalue weighted by Crippen LogP contribution is -2.18. The number of nitrogens with zero attached hydrogens (tertiary/aromatic N) is 5. The number of carbonyl (C=O) groups is 1. The molecule has 0 fully saturated rings. The van der Waals surface area contributed by atoms with Crippen LogP contribution in [0.5, 0.6) is 5.75 Å². The van der Waals surface area contributed by atoms with E-state index >= 15 is 0 Å². The zero-order chi connectivity index (χ0) is 24.1. The molecule has 0 saturated heterocycles. The average molecular weight is 488 g/mol. The number of hydrogen-bond acceptors (Lipinski definition) is 8. The standard InChI is InChI=1S/C25H23N7O2.H2S/c1-15(17-5-4-6-18-19(25(33)27-2)7-8-28-24(17)18)12-30-23-10-20(31-14-32-23)16-9-22(34-3)21(11-26)29-13-16;/h4-10,13-15H,12H2,1-3H3,(H,27,33)(H,30,31,32);1H2/t15-;/m1./s1. The summed E-state index contributed by atoms with van der Waals surface area (Å²) in [6, 6.07) is 13.1. The summed E-state index contributed by atoms with van der Waals surface area (Å²) in [5.41, 5.74) is 4.03. The number of nitrogens with one attached hydrogen (secondary N) is 2. The van der Waals surface area contributed by atoms with Crippen molar-refractivity contribution in [1.29, 1.82) is 5.26 Å². The highest BCUT2D eigenvalue weighted by molar-refractivity contribution is 7.59. The van der Waals surface area contributed by atoms with E-state index in [0.717, 1.165) is 16.5 Å². The highest BCUT2D eigenvalue weighted by Gasteiger charge is 2.15. The molecule has 3 heterocycles. The maximum Gasteiger partial charge on any atom is 0.251 e. The van der Waals surface area contributed by atoms with Crippen LogP contribution in [0.1, 0.15) is 34.5 Å². The number of hydrogen-bond donors (Lipinski definition) is 2. The van der Waals surface area contributed by atoms with Crippen molar-refractivity contribution in [3.05, 3.63) is 71.9 Å². The van der Waals surface area contributed by atoms with Gasteiger partial charge < -0.3 is 15.4 Å². The highest BCUT2D eigenvalue weighted by atomic mass is 32.1. The summed E-state index contributed by atoms with van der Waals surface area (Å²) in [6.07, 6.45) is 4.72. The van der Waals surface area contributed by atoms with Crippen LogP contribution in [0, 0.1) is 11.3 Å². The number of carbonyl (C=O) groups excluding carboxylic acids is 1. The summed E-state index contributed by atoms with van der Waals surface area (Å²) < 4.78 is 5.25. The fourth-order valence-electron chi connectivity index (χ4n) is 3.73. The van der Waals surface area contributed by atoms with Gasteiger partial charge in [-0.3, -0.25) is 9.78 Å². The van der Waals surface area contributed by atoms with Gasteiger partial charge in [0.05, 0.1) is 23.9 Å². The number of ether oxygens (including phenoxy) is 1. The lowest BCUT2D eigenvalue weighted by atomic mass is 9.96. The number of methoxy groups -OCH3 is 1. The molecule has 10 heteroatoms. The number of nitriles is 1. The number of para-hydroxylation sites is 1. The minimum Gasteiger partial charge on any atom is -0.494 e. The Bertz CT molecular complexity index is 1400. The molecule has 1 amide bonds. The van der Waals surface area contributed by atoms with Gasteiger partial charge >= 0.3 is 0 Å². The Labute approximate surface area is 210 Å². The second-order valence-corrected chi connectivity index (χ2v) is 7.64. The van der Waals surface area contributed by atoms with Crippen molar-refractivity contribution in [2.75, 3.05) is 26.0 Å². The minimum atomic E-state index is -0.141. The lowest BCUT2D eigenvalue weighted by Gasteiger charge is -2.16. The van der Waals surface area contributed by atoms with Gasteiger partial charge in [0.25, 0.3) is 5.91 Å².